The Hall–Kier alpha value is -1.97. The average molecular weight is 228 g/mol. The van der Waals surface area contributed by atoms with Crippen LogP contribution in [0.15, 0.2) is 24.3 Å². The molecule has 0 spiro atoms. The number of para-hydroxylation sites is 2. The Morgan fingerprint density at radius 3 is 2.71 bits per heavy atom. The first-order valence-electron chi connectivity index (χ1n) is 5.71. The first-order valence-corrected chi connectivity index (χ1v) is 5.71. The number of carboxylic acid groups (broad SMARTS) is 1. The van der Waals surface area contributed by atoms with E-state index >= 15 is 0 Å². The van der Waals surface area contributed by atoms with E-state index in [-0.39, 0.29) is 12.3 Å². The van der Waals surface area contributed by atoms with E-state index in [2.05, 4.69) is 9.97 Å². The molecule has 17 heavy (non-hydrogen) atoms. The van der Waals surface area contributed by atoms with Crippen LogP contribution >= 0.6 is 0 Å². The van der Waals surface area contributed by atoms with Gasteiger partial charge in [-0.1, -0.05) is 12.1 Å². The third kappa shape index (κ3) is 1.75. The molecule has 0 bridgehead atoms. The quantitative estimate of drug-likeness (QED) is 0.855. The van der Waals surface area contributed by atoms with E-state index in [1.165, 1.54) is 0 Å². The largest absolute Gasteiger partial charge is 0.481 e. The Morgan fingerprint density at radius 1 is 1.29 bits per heavy atom. The van der Waals surface area contributed by atoms with Gasteiger partial charge in [0.25, 0.3) is 0 Å². The molecule has 1 heterocycles. The molecule has 1 atom stereocenters. The second kappa shape index (κ2) is 3.80. The first kappa shape index (κ1) is 10.2. The fourth-order valence-corrected chi connectivity index (χ4v) is 2.42. The van der Waals surface area contributed by atoms with Gasteiger partial charge in [0, 0.05) is 5.92 Å². The number of hydrogen-bond acceptors (Lipinski definition) is 3. The van der Waals surface area contributed by atoms with Crippen LogP contribution in [0.2, 0.25) is 0 Å². The van der Waals surface area contributed by atoms with Gasteiger partial charge in [-0.3, -0.25) is 4.79 Å². The lowest BCUT2D eigenvalue weighted by atomic mass is 10.0. The molecule has 1 N–H and O–H groups in total. The van der Waals surface area contributed by atoms with Crippen molar-refractivity contribution in [3.63, 3.8) is 0 Å². The minimum atomic E-state index is -0.766. The lowest BCUT2D eigenvalue weighted by Gasteiger charge is -2.07. The summed E-state index contributed by atoms with van der Waals surface area (Å²) in [6.45, 7) is 0. The normalized spacial score (nSPS) is 18.2. The molecule has 0 amide bonds. The monoisotopic (exact) mass is 228 g/mol. The molecule has 86 valence electrons. The standard InChI is InChI=1S/C13H12N2O2/c16-12(17)7-8-5-6-11-13(8)15-10-4-2-1-3-9(10)14-11/h1-4,8H,5-7H2,(H,16,17). The molecule has 0 saturated heterocycles. The van der Waals surface area contributed by atoms with Crippen LogP contribution in [-0.2, 0) is 11.2 Å². The summed E-state index contributed by atoms with van der Waals surface area (Å²) < 4.78 is 0. The molecule has 0 radical (unpaired) electrons. The van der Waals surface area contributed by atoms with Crippen LogP contribution in [0.25, 0.3) is 11.0 Å². The minimum Gasteiger partial charge on any atom is -0.481 e. The van der Waals surface area contributed by atoms with Crippen molar-refractivity contribution in [3.05, 3.63) is 35.7 Å². The first-order chi connectivity index (χ1) is 8.24. The van der Waals surface area contributed by atoms with E-state index in [9.17, 15) is 4.79 Å². The third-order valence-electron chi connectivity index (χ3n) is 3.21. The van der Waals surface area contributed by atoms with Gasteiger partial charge < -0.3 is 5.11 Å². The van der Waals surface area contributed by atoms with Crippen LogP contribution in [0, 0.1) is 0 Å². The van der Waals surface area contributed by atoms with Crippen molar-refractivity contribution in [1.82, 2.24) is 9.97 Å². The third-order valence-corrected chi connectivity index (χ3v) is 3.21. The van der Waals surface area contributed by atoms with Gasteiger partial charge in [0.2, 0.25) is 0 Å². The van der Waals surface area contributed by atoms with Crippen molar-refractivity contribution in [2.24, 2.45) is 0 Å². The summed E-state index contributed by atoms with van der Waals surface area (Å²) in [4.78, 5) is 19.9. The Kier molecular flexibility index (Phi) is 2.28. The second-order valence-electron chi connectivity index (χ2n) is 4.38. The molecule has 2 aromatic rings. The van der Waals surface area contributed by atoms with Crippen LogP contribution in [0.5, 0.6) is 0 Å². The molecular weight excluding hydrogens is 216 g/mol. The van der Waals surface area contributed by atoms with Crippen LogP contribution in [0.4, 0.5) is 0 Å². The number of nitrogens with zero attached hydrogens (tertiary/aromatic N) is 2. The lowest BCUT2D eigenvalue weighted by Crippen LogP contribution is -2.05. The Morgan fingerprint density at radius 2 is 2.00 bits per heavy atom. The van der Waals surface area contributed by atoms with Gasteiger partial charge in [-0.15, -0.1) is 0 Å². The molecular formula is C13H12N2O2. The van der Waals surface area contributed by atoms with E-state index < -0.39 is 5.97 Å². The predicted octanol–water partition coefficient (Wildman–Crippen LogP) is 2.13. The summed E-state index contributed by atoms with van der Waals surface area (Å²) in [5, 5.41) is 8.86. The van der Waals surface area contributed by atoms with Crippen molar-refractivity contribution in [2.75, 3.05) is 0 Å². The van der Waals surface area contributed by atoms with Crippen molar-refractivity contribution in [1.29, 1.82) is 0 Å². The number of aryl methyl sites for hydroxylation is 1. The van der Waals surface area contributed by atoms with Gasteiger partial charge >= 0.3 is 5.97 Å². The topological polar surface area (TPSA) is 63.1 Å². The maximum atomic E-state index is 10.8. The summed E-state index contributed by atoms with van der Waals surface area (Å²) in [5.41, 5.74) is 3.59. The van der Waals surface area contributed by atoms with Gasteiger partial charge in [0.15, 0.2) is 0 Å². The second-order valence-corrected chi connectivity index (χ2v) is 4.38. The van der Waals surface area contributed by atoms with E-state index in [0.29, 0.717) is 0 Å². The molecule has 1 aliphatic rings. The Balaban J connectivity index is 2.08. The van der Waals surface area contributed by atoms with Gasteiger partial charge in [0.1, 0.15) is 0 Å². The Bertz CT molecular complexity index is 595. The van der Waals surface area contributed by atoms with E-state index in [4.69, 9.17) is 5.11 Å². The molecule has 1 aliphatic carbocycles. The van der Waals surface area contributed by atoms with Gasteiger partial charge in [-0.05, 0) is 25.0 Å². The summed E-state index contributed by atoms with van der Waals surface area (Å²) in [7, 11) is 0. The highest BCUT2D eigenvalue weighted by atomic mass is 16.4. The SMILES string of the molecule is O=C(O)CC1CCc2nc3ccccc3nc21. The summed E-state index contributed by atoms with van der Waals surface area (Å²) in [6.07, 6.45) is 1.84. The van der Waals surface area contributed by atoms with Crippen LogP contribution < -0.4 is 0 Å². The molecule has 4 nitrogen and oxygen atoms in total. The van der Waals surface area contributed by atoms with Crippen molar-refractivity contribution in [3.8, 4) is 0 Å². The van der Waals surface area contributed by atoms with Gasteiger partial charge in [-0.25, -0.2) is 9.97 Å². The number of carboxylic acids is 1. The molecule has 1 unspecified atom stereocenters. The van der Waals surface area contributed by atoms with Crippen LogP contribution in [0.3, 0.4) is 0 Å². The summed E-state index contributed by atoms with van der Waals surface area (Å²) in [5.74, 6) is -0.739. The number of aromatic nitrogens is 2. The van der Waals surface area contributed by atoms with Gasteiger partial charge in [0.05, 0.1) is 28.8 Å². The van der Waals surface area contributed by atoms with Gasteiger partial charge in [-0.2, -0.15) is 0 Å². The fourth-order valence-electron chi connectivity index (χ4n) is 2.42. The average Bonchev–Trinajstić information content (AvgIpc) is 2.68. The van der Waals surface area contributed by atoms with Crippen molar-refractivity contribution >= 4 is 17.0 Å². The van der Waals surface area contributed by atoms with Crippen molar-refractivity contribution in [2.45, 2.75) is 25.2 Å². The Labute approximate surface area is 98.3 Å². The summed E-state index contributed by atoms with van der Waals surface area (Å²) in [6, 6.07) is 7.71. The molecule has 1 aromatic carbocycles. The summed E-state index contributed by atoms with van der Waals surface area (Å²) >= 11 is 0. The molecule has 4 heteroatoms. The number of fused-ring (bicyclic) bond motifs is 2. The highest BCUT2D eigenvalue weighted by Gasteiger charge is 2.27. The molecule has 1 aromatic heterocycles. The molecule has 0 fully saturated rings. The zero-order chi connectivity index (χ0) is 11.8. The zero-order valence-electron chi connectivity index (χ0n) is 9.26. The van der Waals surface area contributed by atoms with Crippen LogP contribution in [0.1, 0.15) is 30.1 Å². The van der Waals surface area contributed by atoms with Crippen LogP contribution in [-0.4, -0.2) is 21.0 Å². The number of benzene rings is 1. The van der Waals surface area contributed by atoms with Crippen molar-refractivity contribution < 1.29 is 9.90 Å². The minimum absolute atomic E-state index is 0.0274. The maximum Gasteiger partial charge on any atom is 0.304 e. The smallest absolute Gasteiger partial charge is 0.304 e. The number of aliphatic carboxylic acids is 1. The predicted molar refractivity (Wildman–Crippen MR) is 62.9 cm³/mol. The number of carbonyl (C=O) groups is 1. The van der Waals surface area contributed by atoms with E-state index in [0.717, 1.165) is 35.3 Å². The highest BCUT2D eigenvalue weighted by molar-refractivity contribution is 5.75. The number of rotatable bonds is 2. The maximum absolute atomic E-state index is 10.8. The molecule has 0 saturated carbocycles. The van der Waals surface area contributed by atoms with E-state index in [1.54, 1.807) is 0 Å². The highest BCUT2D eigenvalue weighted by Crippen LogP contribution is 2.33. The number of hydrogen-bond donors (Lipinski definition) is 1. The lowest BCUT2D eigenvalue weighted by molar-refractivity contribution is -0.137. The molecule has 0 aliphatic heterocycles. The zero-order valence-corrected chi connectivity index (χ0v) is 9.26. The molecule has 3 rings (SSSR count). The van der Waals surface area contributed by atoms with E-state index in [1.807, 2.05) is 24.3 Å². The fraction of sp³-hybridized carbons (Fsp3) is 0.308.